The normalized spacial score (nSPS) is 10.1. The highest BCUT2D eigenvalue weighted by Crippen LogP contribution is 2.10. The van der Waals surface area contributed by atoms with Crippen LogP contribution in [0.3, 0.4) is 0 Å². The second kappa shape index (κ2) is 8.34. The molecule has 0 aliphatic heterocycles. The molecule has 0 saturated carbocycles. The van der Waals surface area contributed by atoms with E-state index in [9.17, 15) is 0 Å². The predicted molar refractivity (Wildman–Crippen MR) is 97.5 cm³/mol. The van der Waals surface area contributed by atoms with Crippen LogP contribution >= 0.6 is 12.2 Å². The second-order valence-electron chi connectivity index (χ2n) is 5.16. The summed E-state index contributed by atoms with van der Waals surface area (Å²) < 4.78 is 0. The summed E-state index contributed by atoms with van der Waals surface area (Å²) in [4.78, 5) is 6.60. The molecule has 0 spiro atoms. The monoisotopic (exact) mass is 314 g/mol. The first-order chi connectivity index (χ1) is 10.6. The molecular weight excluding hydrogens is 292 g/mol. The molecule has 0 bridgehead atoms. The number of aryl methyl sites for hydroxylation is 1. The lowest BCUT2D eigenvalue weighted by molar-refractivity contribution is 0.755. The number of pyridine rings is 1. The van der Waals surface area contributed by atoms with Crippen molar-refractivity contribution in [3.63, 3.8) is 0 Å². The summed E-state index contributed by atoms with van der Waals surface area (Å²) in [6.07, 6.45) is 1.01. The molecule has 1 heterocycles. The van der Waals surface area contributed by atoms with Crippen molar-refractivity contribution in [2.24, 2.45) is 0 Å². The Labute approximate surface area is 137 Å². The van der Waals surface area contributed by atoms with Gasteiger partial charge in [-0.3, -0.25) is 0 Å². The maximum absolute atomic E-state index is 5.28. The predicted octanol–water partition coefficient (Wildman–Crippen LogP) is 3.20. The van der Waals surface area contributed by atoms with Gasteiger partial charge in [-0.2, -0.15) is 0 Å². The van der Waals surface area contributed by atoms with Gasteiger partial charge in [-0.05, 0) is 49.8 Å². The Morgan fingerprint density at radius 2 is 1.91 bits per heavy atom. The molecule has 5 heteroatoms. The van der Waals surface area contributed by atoms with E-state index in [1.165, 1.54) is 5.69 Å². The summed E-state index contributed by atoms with van der Waals surface area (Å²) >= 11 is 5.28. The van der Waals surface area contributed by atoms with Gasteiger partial charge in [-0.25, -0.2) is 4.98 Å². The largest absolute Gasteiger partial charge is 0.375 e. The van der Waals surface area contributed by atoms with Crippen LogP contribution in [0.15, 0.2) is 48.5 Å². The van der Waals surface area contributed by atoms with E-state index in [0.717, 1.165) is 31.0 Å². The van der Waals surface area contributed by atoms with E-state index in [0.29, 0.717) is 5.11 Å². The minimum atomic E-state index is 0.612. The maximum atomic E-state index is 5.28. The van der Waals surface area contributed by atoms with Gasteiger partial charge < -0.3 is 15.5 Å². The Balaban J connectivity index is 1.67. The molecule has 0 amide bonds. The number of hydrogen-bond donors (Lipinski definition) is 2. The number of nitrogens with zero attached hydrogens (tertiary/aromatic N) is 2. The number of benzene rings is 1. The van der Waals surface area contributed by atoms with Gasteiger partial charge >= 0.3 is 0 Å². The third-order valence-electron chi connectivity index (χ3n) is 3.28. The third kappa shape index (κ3) is 5.33. The molecule has 4 nitrogen and oxygen atoms in total. The first-order valence-electron chi connectivity index (χ1n) is 7.40. The lowest BCUT2D eigenvalue weighted by Gasteiger charge is -2.19. The highest BCUT2D eigenvalue weighted by atomic mass is 32.1. The average Bonchev–Trinajstić information content (AvgIpc) is 2.52. The van der Waals surface area contributed by atoms with Crippen molar-refractivity contribution in [3.05, 3.63) is 54.2 Å². The molecular formula is C17H22N4S. The van der Waals surface area contributed by atoms with Crippen LogP contribution in [0, 0.1) is 6.92 Å². The SMILES string of the molecule is Cc1cccc(NC(=S)NCCCN(C)c2ccccc2)n1. The molecule has 2 aromatic rings. The molecule has 0 unspecified atom stereocenters. The van der Waals surface area contributed by atoms with E-state index < -0.39 is 0 Å². The number of para-hydroxylation sites is 1. The maximum Gasteiger partial charge on any atom is 0.171 e. The van der Waals surface area contributed by atoms with Gasteiger partial charge in [0.05, 0.1) is 0 Å². The molecule has 22 heavy (non-hydrogen) atoms. The van der Waals surface area contributed by atoms with Crippen LogP contribution in [0.1, 0.15) is 12.1 Å². The van der Waals surface area contributed by atoms with Crippen molar-refractivity contribution < 1.29 is 0 Å². The van der Waals surface area contributed by atoms with E-state index in [4.69, 9.17) is 12.2 Å². The Hall–Kier alpha value is -2.14. The number of thiocarbonyl (C=S) groups is 1. The number of hydrogen-bond acceptors (Lipinski definition) is 3. The summed E-state index contributed by atoms with van der Waals surface area (Å²) in [6.45, 7) is 3.76. The van der Waals surface area contributed by atoms with Crippen molar-refractivity contribution in [3.8, 4) is 0 Å². The molecule has 0 aliphatic carbocycles. The van der Waals surface area contributed by atoms with Gasteiger partial charge in [0, 0.05) is 31.5 Å². The van der Waals surface area contributed by atoms with Crippen LogP contribution in [0.2, 0.25) is 0 Å². The summed E-state index contributed by atoms with van der Waals surface area (Å²) in [7, 11) is 2.10. The zero-order chi connectivity index (χ0) is 15.8. The quantitative estimate of drug-likeness (QED) is 0.633. The lowest BCUT2D eigenvalue weighted by atomic mass is 10.3. The first kappa shape index (κ1) is 16.2. The molecule has 0 fully saturated rings. The molecule has 0 radical (unpaired) electrons. The fraction of sp³-hybridized carbons (Fsp3) is 0.294. The van der Waals surface area contributed by atoms with Crippen molar-refractivity contribution >= 4 is 28.8 Å². The van der Waals surface area contributed by atoms with Gasteiger partial charge in [-0.1, -0.05) is 24.3 Å². The van der Waals surface area contributed by atoms with E-state index >= 15 is 0 Å². The van der Waals surface area contributed by atoms with Gasteiger partial charge in [0.1, 0.15) is 5.82 Å². The molecule has 2 rings (SSSR count). The number of rotatable bonds is 6. The second-order valence-corrected chi connectivity index (χ2v) is 5.56. The van der Waals surface area contributed by atoms with Gasteiger partial charge in [0.2, 0.25) is 0 Å². The molecule has 0 atom stereocenters. The van der Waals surface area contributed by atoms with E-state index in [1.807, 2.05) is 31.2 Å². The van der Waals surface area contributed by atoms with Crippen LogP contribution in [0.4, 0.5) is 11.5 Å². The zero-order valence-electron chi connectivity index (χ0n) is 13.0. The van der Waals surface area contributed by atoms with Gasteiger partial charge in [-0.15, -0.1) is 0 Å². The molecule has 1 aromatic carbocycles. The van der Waals surface area contributed by atoms with Crippen LogP contribution in [0.25, 0.3) is 0 Å². The number of nitrogens with one attached hydrogen (secondary N) is 2. The topological polar surface area (TPSA) is 40.2 Å². The molecule has 1 aromatic heterocycles. The van der Waals surface area contributed by atoms with Crippen molar-refractivity contribution in [2.45, 2.75) is 13.3 Å². The van der Waals surface area contributed by atoms with E-state index in [-0.39, 0.29) is 0 Å². The average molecular weight is 314 g/mol. The zero-order valence-corrected chi connectivity index (χ0v) is 13.9. The Morgan fingerprint density at radius 3 is 2.64 bits per heavy atom. The minimum absolute atomic E-state index is 0.612. The van der Waals surface area contributed by atoms with Crippen molar-refractivity contribution in [1.82, 2.24) is 10.3 Å². The number of aromatic nitrogens is 1. The molecule has 116 valence electrons. The van der Waals surface area contributed by atoms with Crippen molar-refractivity contribution in [2.75, 3.05) is 30.4 Å². The fourth-order valence-electron chi connectivity index (χ4n) is 2.10. The van der Waals surface area contributed by atoms with E-state index in [2.05, 4.69) is 51.8 Å². The number of anilines is 2. The Morgan fingerprint density at radius 1 is 1.14 bits per heavy atom. The van der Waals surface area contributed by atoms with Gasteiger partial charge in [0.15, 0.2) is 5.11 Å². The summed E-state index contributed by atoms with van der Waals surface area (Å²) in [5, 5.41) is 6.92. The fourth-order valence-corrected chi connectivity index (χ4v) is 2.31. The lowest BCUT2D eigenvalue weighted by Crippen LogP contribution is -2.31. The van der Waals surface area contributed by atoms with E-state index in [1.54, 1.807) is 0 Å². The summed E-state index contributed by atoms with van der Waals surface area (Å²) in [5.74, 6) is 0.777. The first-order valence-corrected chi connectivity index (χ1v) is 7.80. The van der Waals surface area contributed by atoms with Crippen molar-refractivity contribution in [1.29, 1.82) is 0 Å². The Kier molecular flexibility index (Phi) is 6.15. The van der Waals surface area contributed by atoms with Gasteiger partial charge in [0.25, 0.3) is 0 Å². The smallest absolute Gasteiger partial charge is 0.171 e. The van der Waals surface area contributed by atoms with Crippen LogP contribution < -0.4 is 15.5 Å². The molecule has 2 N–H and O–H groups in total. The minimum Gasteiger partial charge on any atom is -0.375 e. The molecule has 0 aliphatic rings. The van der Waals surface area contributed by atoms with Crippen LogP contribution in [0.5, 0.6) is 0 Å². The standard InChI is InChI=1S/C17H22N4S/c1-14-8-6-11-16(19-14)20-17(22)18-12-7-13-21(2)15-9-4-3-5-10-15/h3-6,8-11H,7,12-13H2,1-2H3,(H2,18,19,20,22). The van der Waals surface area contributed by atoms with Crippen LogP contribution in [-0.2, 0) is 0 Å². The Bertz CT molecular complexity index is 601. The van der Waals surface area contributed by atoms with Crippen LogP contribution in [-0.4, -0.2) is 30.2 Å². The third-order valence-corrected chi connectivity index (χ3v) is 3.53. The summed E-state index contributed by atoms with van der Waals surface area (Å²) in [6, 6.07) is 16.2. The molecule has 0 saturated heterocycles. The summed E-state index contributed by atoms with van der Waals surface area (Å²) in [5.41, 5.74) is 2.20. The highest BCUT2D eigenvalue weighted by Gasteiger charge is 2.01. The highest BCUT2D eigenvalue weighted by molar-refractivity contribution is 7.80.